The van der Waals surface area contributed by atoms with Crippen LogP contribution in [0.2, 0.25) is 0 Å². The molecule has 0 bridgehead atoms. The highest BCUT2D eigenvalue weighted by Gasteiger charge is 2.33. The Labute approximate surface area is 276 Å². The van der Waals surface area contributed by atoms with Gasteiger partial charge in [-0.1, -0.05) is 44.4 Å². The minimum Gasteiger partial charge on any atom is -0.344 e. The maximum Gasteiger partial charge on any atom is 0.245 e. The van der Waals surface area contributed by atoms with Crippen LogP contribution in [0.1, 0.15) is 67.8 Å². The van der Waals surface area contributed by atoms with Crippen molar-refractivity contribution in [1.29, 1.82) is 0 Å². The smallest absolute Gasteiger partial charge is 0.245 e. The molecule has 0 aromatic heterocycles. The highest BCUT2D eigenvalue weighted by molar-refractivity contribution is 7.92. The number of piperazine rings is 1. The minimum atomic E-state index is -3.54. The fourth-order valence-electron chi connectivity index (χ4n) is 6.29. The third-order valence-electron chi connectivity index (χ3n) is 8.95. The highest BCUT2D eigenvalue weighted by Crippen LogP contribution is 2.34. The lowest BCUT2D eigenvalue weighted by Gasteiger charge is -2.34. The second kappa shape index (κ2) is 16.3. The lowest BCUT2D eigenvalue weighted by molar-refractivity contribution is -0.137. The zero-order valence-electron chi connectivity index (χ0n) is 27.4. The molecule has 0 spiro atoms. The van der Waals surface area contributed by atoms with Crippen molar-refractivity contribution in [3.8, 4) is 0 Å². The van der Waals surface area contributed by atoms with E-state index in [1.807, 2.05) is 7.05 Å². The zero-order chi connectivity index (χ0) is 34.1. The third kappa shape index (κ3) is 10.6. The van der Waals surface area contributed by atoms with Gasteiger partial charge in [-0.05, 0) is 55.6 Å². The molecule has 2 aromatic carbocycles. The maximum absolute atomic E-state index is 15.5. The number of halogens is 1. The number of sulfonamides is 1. The van der Waals surface area contributed by atoms with Crippen molar-refractivity contribution in [1.82, 2.24) is 15.1 Å². The molecule has 1 aliphatic heterocycles. The maximum atomic E-state index is 15.5. The van der Waals surface area contributed by atoms with E-state index in [1.54, 1.807) is 30.0 Å². The minimum absolute atomic E-state index is 0.0362. The normalized spacial score (nSPS) is 17.4. The first kappa shape index (κ1) is 36.0. The molecule has 1 saturated carbocycles. The van der Waals surface area contributed by atoms with E-state index in [9.17, 15) is 27.6 Å². The average Bonchev–Trinajstić information content (AvgIpc) is 3.04. The van der Waals surface area contributed by atoms with Crippen molar-refractivity contribution >= 4 is 44.9 Å². The molecule has 1 aliphatic carbocycles. The van der Waals surface area contributed by atoms with Crippen LogP contribution >= 0.6 is 0 Å². The van der Waals surface area contributed by atoms with E-state index >= 15 is 4.39 Å². The lowest BCUT2D eigenvalue weighted by Crippen LogP contribution is -2.54. The first-order chi connectivity index (χ1) is 22.3. The van der Waals surface area contributed by atoms with Crippen LogP contribution in [0.25, 0.3) is 0 Å². The number of carbonyl (C=O) groups is 4. The molecule has 3 amide bonds. The molecule has 47 heavy (non-hydrogen) atoms. The van der Waals surface area contributed by atoms with Gasteiger partial charge < -0.3 is 20.4 Å². The summed E-state index contributed by atoms with van der Waals surface area (Å²) in [7, 11) is -1.56. The summed E-state index contributed by atoms with van der Waals surface area (Å²) in [4.78, 5) is 56.5. The van der Waals surface area contributed by atoms with Gasteiger partial charge in [0.25, 0.3) is 0 Å². The second-order valence-corrected chi connectivity index (χ2v) is 14.4. The highest BCUT2D eigenvalue weighted by atomic mass is 32.2. The molecular formula is C34H46FN5O6S. The Bertz CT molecular complexity index is 1550. The first-order valence-electron chi connectivity index (χ1n) is 16.3. The van der Waals surface area contributed by atoms with E-state index in [1.165, 1.54) is 24.3 Å². The third-order valence-corrected chi connectivity index (χ3v) is 9.56. The van der Waals surface area contributed by atoms with Crippen molar-refractivity contribution in [3.05, 3.63) is 59.4 Å². The van der Waals surface area contributed by atoms with Gasteiger partial charge in [0.1, 0.15) is 11.9 Å². The monoisotopic (exact) mass is 671 g/mol. The predicted octanol–water partition coefficient (Wildman–Crippen LogP) is 3.82. The van der Waals surface area contributed by atoms with E-state index in [4.69, 9.17) is 0 Å². The number of hydrogen-bond acceptors (Lipinski definition) is 7. The summed E-state index contributed by atoms with van der Waals surface area (Å²) in [5, 5.41) is 5.49. The molecule has 2 atom stereocenters. The number of Topliss-reactive ketones (excluding diaryl/α,β-unsaturated/α-hetero) is 1. The Hall–Kier alpha value is -3.84. The number of ketones is 1. The largest absolute Gasteiger partial charge is 0.344 e. The van der Waals surface area contributed by atoms with Crippen molar-refractivity contribution < 1.29 is 32.0 Å². The summed E-state index contributed by atoms with van der Waals surface area (Å²) in [6, 6.07) is 9.63. The standard InChI is InChI=1S/C34H46FN5O6S/c1-4-32(42)36-30(34(44)40-17-15-39(2)16-18-40)20-23-13-14-29(28(35)19-23)37-33(43)27(24-9-6-5-7-10-24)22-31(41)25-11-8-12-26(21-25)38-47(3,45)46/h8,11-14,19,21,24,27,30,38H,4-7,9-10,15-18,20,22H2,1-3H3,(H,36,42)(H,37,43)/t27-,30+/m0/s1. The summed E-state index contributed by atoms with van der Waals surface area (Å²) in [6.07, 6.45) is 5.67. The van der Waals surface area contributed by atoms with Crippen LogP contribution in [0.15, 0.2) is 42.5 Å². The summed E-state index contributed by atoms with van der Waals surface area (Å²) in [5.74, 6) is -2.70. The summed E-state index contributed by atoms with van der Waals surface area (Å²) < 4.78 is 41.2. The van der Waals surface area contributed by atoms with Gasteiger partial charge in [-0.2, -0.15) is 0 Å². The van der Waals surface area contributed by atoms with Crippen LogP contribution in [-0.4, -0.2) is 87.2 Å². The second-order valence-electron chi connectivity index (χ2n) is 12.7. The van der Waals surface area contributed by atoms with Gasteiger partial charge >= 0.3 is 0 Å². The number of rotatable bonds is 13. The Morgan fingerprint density at radius 2 is 1.68 bits per heavy atom. The van der Waals surface area contributed by atoms with Gasteiger partial charge in [0, 0.05) is 62.6 Å². The number of nitrogens with zero attached hydrogens (tertiary/aromatic N) is 2. The molecule has 256 valence electrons. The zero-order valence-corrected chi connectivity index (χ0v) is 28.2. The molecule has 3 N–H and O–H groups in total. The molecule has 2 aliphatic rings. The number of nitrogens with one attached hydrogen (secondary N) is 3. The predicted molar refractivity (Wildman–Crippen MR) is 179 cm³/mol. The van der Waals surface area contributed by atoms with Gasteiger partial charge in [-0.15, -0.1) is 0 Å². The molecular weight excluding hydrogens is 625 g/mol. The summed E-state index contributed by atoms with van der Waals surface area (Å²) in [5.41, 5.74) is 0.983. The van der Waals surface area contributed by atoms with E-state index in [0.717, 1.165) is 51.4 Å². The molecule has 1 saturated heterocycles. The number of anilines is 2. The van der Waals surface area contributed by atoms with Crippen molar-refractivity contribution in [2.75, 3.05) is 49.5 Å². The van der Waals surface area contributed by atoms with E-state index in [0.29, 0.717) is 18.7 Å². The summed E-state index contributed by atoms with van der Waals surface area (Å²) >= 11 is 0. The van der Waals surface area contributed by atoms with Crippen LogP contribution in [0.3, 0.4) is 0 Å². The number of carbonyl (C=O) groups excluding carboxylic acids is 4. The van der Waals surface area contributed by atoms with Crippen LogP contribution in [0.5, 0.6) is 0 Å². The Balaban J connectivity index is 1.48. The lowest BCUT2D eigenvalue weighted by atomic mass is 9.77. The number of amides is 3. The van der Waals surface area contributed by atoms with Gasteiger partial charge in [0.05, 0.1) is 11.9 Å². The van der Waals surface area contributed by atoms with Crippen LogP contribution in [0, 0.1) is 17.7 Å². The number of benzene rings is 2. The van der Waals surface area contributed by atoms with Crippen LogP contribution in [-0.2, 0) is 30.8 Å². The van der Waals surface area contributed by atoms with Gasteiger partial charge in [0.2, 0.25) is 27.7 Å². The molecule has 0 unspecified atom stereocenters. The van der Waals surface area contributed by atoms with Crippen molar-refractivity contribution in [2.45, 2.75) is 64.3 Å². The Morgan fingerprint density at radius 3 is 2.32 bits per heavy atom. The fourth-order valence-corrected chi connectivity index (χ4v) is 6.84. The number of likely N-dealkylation sites (N-methyl/N-ethyl adjacent to an activating group) is 1. The molecule has 11 nitrogen and oxygen atoms in total. The molecule has 1 heterocycles. The molecule has 0 radical (unpaired) electrons. The van der Waals surface area contributed by atoms with Gasteiger partial charge in [-0.25, -0.2) is 12.8 Å². The summed E-state index contributed by atoms with van der Waals surface area (Å²) in [6.45, 7) is 4.24. The van der Waals surface area contributed by atoms with E-state index in [2.05, 4.69) is 20.3 Å². The topological polar surface area (TPSA) is 145 Å². The SMILES string of the molecule is CCC(=O)N[C@H](Cc1ccc(NC(=O)[C@@H](CC(=O)c2cccc(NS(C)(=O)=O)c2)C2CCCCC2)c(F)c1)C(=O)N1CCN(C)CC1. The van der Waals surface area contributed by atoms with Gasteiger partial charge in [0.15, 0.2) is 5.78 Å². The molecule has 2 fully saturated rings. The fraction of sp³-hybridized carbons (Fsp3) is 0.529. The van der Waals surface area contributed by atoms with E-state index < -0.39 is 33.7 Å². The van der Waals surface area contributed by atoms with Crippen molar-refractivity contribution in [3.63, 3.8) is 0 Å². The van der Waals surface area contributed by atoms with Gasteiger partial charge in [-0.3, -0.25) is 23.9 Å². The van der Waals surface area contributed by atoms with E-state index in [-0.39, 0.29) is 59.7 Å². The first-order valence-corrected chi connectivity index (χ1v) is 18.2. The Kier molecular flexibility index (Phi) is 12.5. The molecule has 2 aromatic rings. The average molecular weight is 672 g/mol. The molecule has 4 rings (SSSR count). The molecule has 13 heteroatoms. The van der Waals surface area contributed by atoms with Crippen LogP contribution < -0.4 is 15.4 Å². The number of hydrogen-bond donors (Lipinski definition) is 3. The Morgan fingerprint density at radius 1 is 0.979 bits per heavy atom. The van der Waals surface area contributed by atoms with Crippen LogP contribution in [0.4, 0.5) is 15.8 Å². The quantitative estimate of drug-likeness (QED) is 0.275. The van der Waals surface area contributed by atoms with Crippen molar-refractivity contribution in [2.24, 2.45) is 11.8 Å².